The van der Waals surface area contributed by atoms with Crippen LogP contribution in [0.5, 0.6) is 5.75 Å². The summed E-state index contributed by atoms with van der Waals surface area (Å²) in [6.45, 7) is 0.802. The second-order valence-electron chi connectivity index (χ2n) is 9.05. The van der Waals surface area contributed by atoms with Crippen molar-refractivity contribution in [2.24, 2.45) is 0 Å². The number of pyridine rings is 1. The van der Waals surface area contributed by atoms with Gasteiger partial charge in [0.1, 0.15) is 24.3 Å². The van der Waals surface area contributed by atoms with E-state index in [4.69, 9.17) is 9.84 Å². The summed E-state index contributed by atoms with van der Waals surface area (Å²) in [6.07, 6.45) is -1.02. The van der Waals surface area contributed by atoms with Crippen molar-refractivity contribution in [1.82, 2.24) is 15.0 Å². The Morgan fingerprint density at radius 1 is 1.21 bits per heavy atom. The predicted octanol–water partition coefficient (Wildman–Crippen LogP) is 3.31. The molecule has 38 heavy (non-hydrogen) atoms. The summed E-state index contributed by atoms with van der Waals surface area (Å²) in [5.41, 5.74) is 0.0131. The van der Waals surface area contributed by atoms with E-state index in [0.717, 1.165) is 31.5 Å². The van der Waals surface area contributed by atoms with Crippen LogP contribution in [-0.2, 0) is 6.18 Å². The molecule has 2 aliphatic heterocycles. The number of aromatic nitrogens is 3. The van der Waals surface area contributed by atoms with Crippen molar-refractivity contribution in [1.29, 1.82) is 0 Å². The summed E-state index contributed by atoms with van der Waals surface area (Å²) in [5.74, 6) is 0.995. The van der Waals surface area contributed by atoms with Crippen molar-refractivity contribution in [2.45, 2.75) is 31.2 Å². The van der Waals surface area contributed by atoms with Crippen LogP contribution in [0.15, 0.2) is 48.8 Å². The first-order chi connectivity index (χ1) is 18.2. The number of fused-ring (bicyclic) bond motifs is 4. The van der Waals surface area contributed by atoms with Gasteiger partial charge in [-0.25, -0.2) is 19.7 Å². The first-order valence-corrected chi connectivity index (χ1v) is 12.0. The minimum Gasteiger partial charge on any atom is -0.489 e. The normalized spacial score (nSPS) is 17.6. The molecule has 4 heterocycles. The Balaban J connectivity index is 1.41. The maximum atomic E-state index is 13.5. The fourth-order valence-electron chi connectivity index (χ4n) is 4.51. The molecule has 13 heteroatoms. The number of aliphatic hydroxyl groups excluding tert-OH is 2. The van der Waals surface area contributed by atoms with Gasteiger partial charge in [-0.05, 0) is 37.1 Å². The van der Waals surface area contributed by atoms with Gasteiger partial charge in [0.15, 0.2) is 11.6 Å². The molecule has 2 aromatic heterocycles. The van der Waals surface area contributed by atoms with E-state index in [1.165, 1.54) is 29.3 Å². The monoisotopic (exact) mass is 530 g/mol. The molecule has 0 spiro atoms. The van der Waals surface area contributed by atoms with E-state index in [2.05, 4.69) is 25.2 Å². The van der Waals surface area contributed by atoms with Crippen molar-refractivity contribution >= 4 is 23.4 Å². The third kappa shape index (κ3) is 5.34. The zero-order valence-electron chi connectivity index (χ0n) is 20.1. The minimum atomic E-state index is -4.51. The number of benzene rings is 1. The third-order valence-corrected chi connectivity index (χ3v) is 6.37. The number of carbonyl (C=O) groups is 1. The second kappa shape index (κ2) is 10.4. The molecule has 1 aromatic carbocycles. The molecule has 0 aliphatic carbocycles. The van der Waals surface area contributed by atoms with E-state index in [-0.39, 0.29) is 29.9 Å². The van der Waals surface area contributed by atoms with Gasteiger partial charge in [0, 0.05) is 18.7 Å². The molecule has 0 saturated carbocycles. The number of urea groups is 1. The Morgan fingerprint density at radius 2 is 2.05 bits per heavy atom. The van der Waals surface area contributed by atoms with Crippen LogP contribution >= 0.6 is 0 Å². The quantitative estimate of drug-likeness (QED) is 0.444. The van der Waals surface area contributed by atoms with Gasteiger partial charge in [-0.2, -0.15) is 13.2 Å². The molecule has 5 rings (SSSR count). The van der Waals surface area contributed by atoms with Crippen LogP contribution in [0.25, 0.3) is 11.4 Å². The van der Waals surface area contributed by atoms with Gasteiger partial charge in [-0.3, -0.25) is 10.2 Å². The topological polar surface area (TPSA) is 124 Å². The number of hydrogen-bond acceptors (Lipinski definition) is 8. The molecule has 2 amide bonds. The third-order valence-electron chi connectivity index (χ3n) is 6.37. The number of rotatable bonds is 6. The van der Waals surface area contributed by atoms with Gasteiger partial charge in [-0.1, -0.05) is 12.1 Å². The standard InChI is InChI=1S/C25H25F3N6O4/c26-25(27,28)16-4-1-3-15(9-16)22-30-11-20-23(32-22)34(17-5-2-8-33(20)12-17)24(37)31-21-7-6-19(10-29-21)38-14-18(36)13-35/h1,3-4,6-7,9-11,17-18,35-36H,2,5,8,12-14H2,(H,29,31,37)/t17-,18+/m0/s1. The summed E-state index contributed by atoms with van der Waals surface area (Å²) < 4.78 is 45.1. The molecule has 2 atom stereocenters. The van der Waals surface area contributed by atoms with Crippen molar-refractivity contribution in [2.75, 3.05) is 41.4 Å². The lowest BCUT2D eigenvalue weighted by Crippen LogP contribution is -2.56. The number of aliphatic hydroxyl groups is 2. The lowest BCUT2D eigenvalue weighted by molar-refractivity contribution is -0.137. The van der Waals surface area contributed by atoms with Crippen LogP contribution in [0, 0.1) is 0 Å². The van der Waals surface area contributed by atoms with E-state index in [0.29, 0.717) is 23.8 Å². The Labute approximate surface area is 215 Å². The number of ether oxygens (including phenoxy) is 1. The summed E-state index contributed by atoms with van der Waals surface area (Å²) in [5, 5.41) is 21.0. The van der Waals surface area contributed by atoms with E-state index in [1.54, 1.807) is 12.3 Å². The van der Waals surface area contributed by atoms with Gasteiger partial charge in [0.2, 0.25) is 0 Å². The van der Waals surface area contributed by atoms with Crippen LogP contribution in [0.1, 0.15) is 18.4 Å². The summed E-state index contributed by atoms with van der Waals surface area (Å²) in [7, 11) is 0. The van der Waals surface area contributed by atoms with E-state index in [9.17, 15) is 23.1 Å². The summed E-state index contributed by atoms with van der Waals surface area (Å²) in [4.78, 5) is 30.1. The number of nitrogens with zero attached hydrogens (tertiary/aromatic N) is 5. The van der Waals surface area contributed by atoms with Gasteiger partial charge in [0.05, 0.1) is 36.3 Å². The zero-order chi connectivity index (χ0) is 26.9. The van der Waals surface area contributed by atoms with Crippen molar-refractivity contribution in [3.63, 3.8) is 0 Å². The average molecular weight is 531 g/mol. The number of alkyl halides is 3. The molecular weight excluding hydrogens is 505 g/mol. The maximum absolute atomic E-state index is 13.5. The lowest BCUT2D eigenvalue weighted by atomic mass is 10.0. The Morgan fingerprint density at radius 3 is 2.79 bits per heavy atom. The van der Waals surface area contributed by atoms with Crippen molar-refractivity contribution in [3.8, 4) is 17.1 Å². The molecule has 200 valence electrons. The fraction of sp³-hybridized carbons (Fsp3) is 0.360. The number of amides is 2. The highest BCUT2D eigenvalue weighted by Crippen LogP contribution is 2.39. The smallest absolute Gasteiger partial charge is 0.416 e. The molecule has 0 unspecified atom stereocenters. The SMILES string of the molecule is O=C(Nc1ccc(OC[C@H](O)CO)cn1)N1c2nc(-c3cccc(C(F)(F)F)c3)ncc2N2CCC[C@H]1C2. The van der Waals surface area contributed by atoms with E-state index < -0.39 is 30.5 Å². The fourth-order valence-corrected chi connectivity index (χ4v) is 4.51. The van der Waals surface area contributed by atoms with Crippen LogP contribution in [0.3, 0.4) is 0 Å². The van der Waals surface area contributed by atoms with Crippen LogP contribution in [-0.4, -0.2) is 69.6 Å². The summed E-state index contributed by atoms with van der Waals surface area (Å²) >= 11 is 0. The first-order valence-electron chi connectivity index (χ1n) is 12.0. The molecule has 1 fully saturated rings. The predicted molar refractivity (Wildman–Crippen MR) is 132 cm³/mol. The largest absolute Gasteiger partial charge is 0.489 e. The Bertz CT molecular complexity index is 1310. The van der Waals surface area contributed by atoms with Gasteiger partial charge >= 0.3 is 12.2 Å². The highest BCUT2D eigenvalue weighted by Gasteiger charge is 2.39. The Kier molecular flexibility index (Phi) is 7.04. The first kappa shape index (κ1) is 25.7. The van der Waals surface area contributed by atoms with Crippen molar-refractivity contribution in [3.05, 3.63) is 54.4 Å². The van der Waals surface area contributed by atoms with Crippen LogP contribution in [0.2, 0.25) is 0 Å². The molecule has 10 nitrogen and oxygen atoms in total. The zero-order valence-corrected chi connectivity index (χ0v) is 20.1. The van der Waals surface area contributed by atoms with Crippen LogP contribution in [0.4, 0.5) is 35.3 Å². The number of hydrogen-bond donors (Lipinski definition) is 3. The number of nitrogens with one attached hydrogen (secondary N) is 1. The molecule has 0 radical (unpaired) electrons. The molecule has 3 N–H and O–H groups in total. The molecule has 3 aromatic rings. The molecule has 2 bridgehead atoms. The number of carbonyl (C=O) groups excluding carboxylic acids is 1. The van der Waals surface area contributed by atoms with E-state index in [1.807, 2.05) is 0 Å². The highest BCUT2D eigenvalue weighted by atomic mass is 19.4. The second-order valence-corrected chi connectivity index (χ2v) is 9.05. The number of anilines is 3. The molecular formula is C25H25F3N6O4. The van der Waals surface area contributed by atoms with Crippen LogP contribution < -0.4 is 19.9 Å². The van der Waals surface area contributed by atoms with Gasteiger partial charge < -0.3 is 19.8 Å². The van der Waals surface area contributed by atoms with Crippen molar-refractivity contribution < 1.29 is 32.9 Å². The average Bonchev–Trinajstić information content (AvgIpc) is 2.92. The Hall–Kier alpha value is -3.97. The van der Waals surface area contributed by atoms with Gasteiger partial charge in [0.25, 0.3) is 0 Å². The number of halogens is 3. The molecule has 2 aliphatic rings. The van der Waals surface area contributed by atoms with E-state index >= 15 is 0 Å². The lowest BCUT2D eigenvalue weighted by Gasteiger charge is -2.45. The maximum Gasteiger partial charge on any atom is 0.416 e. The highest BCUT2D eigenvalue weighted by molar-refractivity contribution is 6.04. The summed E-state index contributed by atoms with van der Waals surface area (Å²) in [6, 6.07) is 7.19. The number of piperidine rings is 1. The minimum absolute atomic E-state index is 0.0820. The van der Waals surface area contributed by atoms with Gasteiger partial charge in [-0.15, -0.1) is 0 Å². The molecule has 1 saturated heterocycles.